The van der Waals surface area contributed by atoms with E-state index in [1.807, 2.05) is 0 Å². The Morgan fingerprint density at radius 3 is 1.84 bits per heavy atom. The van der Waals surface area contributed by atoms with Crippen molar-refractivity contribution in [2.75, 3.05) is 60.1 Å². The van der Waals surface area contributed by atoms with Crippen LogP contribution in [0.5, 0.6) is 23.0 Å². The Labute approximate surface area is 232 Å². The van der Waals surface area contributed by atoms with E-state index in [0.29, 0.717) is 0 Å². The van der Waals surface area contributed by atoms with Gasteiger partial charge in [-0.1, -0.05) is 25.0 Å². The van der Waals surface area contributed by atoms with Crippen molar-refractivity contribution in [2.24, 2.45) is 0 Å². The van der Waals surface area contributed by atoms with Gasteiger partial charge in [0.25, 0.3) is 0 Å². The molecular formula is C30H43NO4S2. The van der Waals surface area contributed by atoms with Crippen molar-refractivity contribution >= 4 is 23.5 Å². The molecule has 5 nitrogen and oxygen atoms in total. The zero-order chi connectivity index (χ0) is 26.3. The van der Waals surface area contributed by atoms with Crippen molar-refractivity contribution in [3.05, 3.63) is 47.5 Å². The van der Waals surface area contributed by atoms with Crippen molar-refractivity contribution in [1.82, 2.24) is 4.90 Å². The Kier molecular flexibility index (Phi) is 9.87. The molecule has 2 aliphatic rings. The monoisotopic (exact) mass is 545 g/mol. The summed E-state index contributed by atoms with van der Waals surface area (Å²) in [6.07, 6.45) is 8.62. The van der Waals surface area contributed by atoms with Gasteiger partial charge >= 0.3 is 0 Å². The predicted octanol–water partition coefficient (Wildman–Crippen LogP) is 6.97. The van der Waals surface area contributed by atoms with Gasteiger partial charge in [-0.05, 0) is 92.6 Å². The van der Waals surface area contributed by atoms with Crippen molar-refractivity contribution in [1.29, 1.82) is 0 Å². The van der Waals surface area contributed by atoms with E-state index < -0.39 is 0 Å². The van der Waals surface area contributed by atoms with E-state index in [0.717, 1.165) is 48.9 Å². The molecule has 37 heavy (non-hydrogen) atoms. The first-order chi connectivity index (χ1) is 18.0. The molecule has 2 aromatic carbocycles. The Bertz CT molecular complexity index is 1020. The quantitative estimate of drug-likeness (QED) is 0.285. The summed E-state index contributed by atoms with van der Waals surface area (Å²) in [5.41, 5.74) is 2.92. The fourth-order valence-corrected chi connectivity index (χ4v) is 9.45. The van der Waals surface area contributed by atoms with Gasteiger partial charge in [0, 0.05) is 12.0 Å². The molecule has 7 heteroatoms. The van der Waals surface area contributed by atoms with Crippen LogP contribution in [0.4, 0.5) is 0 Å². The first-order valence-corrected chi connectivity index (χ1v) is 15.4. The molecule has 0 amide bonds. The first kappa shape index (κ1) is 28.3. The molecule has 1 saturated carbocycles. The smallest absolute Gasteiger partial charge is 0.161 e. The number of benzene rings is 2. The van der Waals surface area contributed by atoms with Crippen LogP contribution in [0.25, 0.3) is 0 Å². The number of nitrogens with zero attached hydrogens (tertiary/aromatic N) is 1. The first-order valence-electron chi connectivity index (χ1n) is 13.4. The molecule has 2 aromatic rings. The summed E-state index contributed by atoms with van der Waals surface area (Å²) in [5.74, 6) is 5.66. The summed E-state index contributed by atoms with van der Waals surface area (Å²) in [5, 5.41) is 0. The maximum atomic E-state index is 5.65. The van der Waals surface area contributed by atoms with Crippen molar-refractivity contribution in [2.45, 2.75) is 54.4 Å². The van der Waals surface area contributed by atoms with Gasteiger partial charge in [0.1, 0.15) is 0 Å². The number of methoxy groups -OCH3 is 4. The topological polar surface area (TPSA) is 40.2 Å². The van der Waals surface area contributed by atoms with E-state index in [-0.39, 0.29) is 9.49 Å². The van der Waals surface area contributed by atoms with Crippen molar-refractivity contribution in [3.8, 4) is 23.0 Å². The molecule has 0 aromatic heterocycles. The molecule has 0 spiro atoms. The van der Waals surface area contributed by atoms with Gasteiger partial charge in [-0.2, -0.15) is 0 Å². The normalized spacial score (nSPS) is 18.5. The molecular weight excluding hydrogens is 502 g/mol. The van der Waals surface area contributed by atoms with Gasteiger partial charge in [0.05, 0.1) is 32.5 Å². The lowest BCUT2D eigenvalue weighted by atomic mass is 9.78. The summed E-state index contributed by atoms with van der Waals surface area (Å²) < 4.78 is 22.4. The zero-order valence-electron chi connectivity index (χ0n) is 23.1. The highest BCUT2D eigenvalue weighted by Crippen LogP contribution is 2.54. The predicted molar refractivity (Wildman–Crippen MR) is 157 cm³/mol. The third-order valence-corrected chi connectivity index (χ3v) is 11.5. The lowest BCUT2D eigenvalue weighted by molar-refractivity contribution is 0.239. The average molecular weight is 546 g/mol. The van der Waals surface area contributed by atoms with Crippen LogP contribution in [0.2, 0.25) is 0 Å². The number of hydrogen-bond acceptors (Lipinski definition) is 7. The Morgan fingerprint density at radius 2 is 1.27 bits per heavy atom. The molecule has 2 fully saturated rings. The second kappa shape index (κ2) is 12.9. The van der Waals surface area contributed by atoms with Crippen LogP contribution in [-0.4, -0.2) is 65.0 Å². The van der Waals surface area contributed by atoms with E-state index >= 15 is 0 Å². The molecule has 0 radical (unpaired) electrons. The zero-order valence-corrected chi connectivity index (χ0v) is 24.8. The third kappa shape index (κ3) is 6.31. The summed E-state index contributed by atoms with van der Waals surface area (Å²) in [4.78, 5) is 2.56. The fraction of sp³-hybridized carbons (Fsp3) is 0.600. The van der Waals surface area contributed by atoms with Gasteiger partial charge in [-0.25, -0.2) is 0 Å². The van der Waals surface area contributed by atoms with Crippen LogP contribution < -0.4 is 18.9 Å². The lowest BCUT2D eigenvalue weighted by Crippen LogP contribution is -2.38. The van der Waals surface area contributed by atoms with Crippen LogP contribution >= 0.6 is 23.5 Å². The second-order valence-electron chi connectivity index (χ2n) is 10.3. The Hall–Kier alpha value is -1.70. The van der Waals surface area contributed by atoms with E-state index in [1.54, 1.807) is 28.4 Å². The number of hydrogen-bond donors (Lipinski definition) is 0. The number of thioether (sulfide) groups is 2. The highest BCUT2D eigenvalue weighted by molar-refractivity contribution is 8.18. The minimum Gasteiger partial charge on any atom is -0.493 e. The molecule has 1 aliphatic heterocycles. The van der Waals surface area contributed by atoms with Gasteiger partial charge in [-0.3, -0.25) is 0 Å². The number of likely N-dealkylation sites (N-methyl/N-ethyl adjacent to an activating group) is 1. The molecule has 0 N–H and O–H groups in total. The molecule has 1 aliphatic carbocycles. The fourth-order valence-electron chi connectivity index (χ4n) is 6.04. The van der Waals surface area contributed by atoms with Gasteiger partial charge in [0.2, 0.25) is 0 Å². The van der Waals surface area contributed by atoms with Crippen LogP contribution in [0.15, 0.2) is 36.4 Å². The Morgan fingerprint density at radius 1 is 0.730 bits per heavy atom. The summed E-state index contributed by atoms with van der Waals surface area (Å²) in [7, 11) is 9.15. The lowest BCUT2D eigenvalue weighted by Gasteiger charge is -2.38. The minimum absolute atomic E-state index is 0.0764. The molecule has 204 valence electrons. The maximum Gasteiger partial charge on any atom is 0.161 e. The molecule has 1 heterocycles. The van der Waals surface area contributed by atoms with Crippen LogP contribution in [0, 0.1) is 0 Å². The highest BCUT2D eigenvalue weighted by atomic mass is 32.2. The van der Waals surface area contributed by atoms with Crippen LogP contribution in [0.1, 0.15) is 56.1 Å². The van der Waals surface area contributed by atoms with E-state index in [1.165, 1.54) is 54.7 Å². The van der Waals surface area contributed by atoms with Gasteiger partial charge in [0.15, 0.2) is 23.0 Å². The highest BCUT2D eigenvalue weighted by Gasteiger charge is 2.38. The molecule has 0 atom stereocenters. The summed E-state index contributed by atoms with van der Waals surface area (Å²) in [6.45, 7) is 2.16. The average Bonchev–Trinajstić information content (AvgIpc) is 3.42. The van der Waals surface area contributed by atoms with Crippen molar-refractivity contribution < 1.29 is 18.9 Å². The largest absolute Gasteiger partial charge is 0.493 e. The maximum absolute atomic E-state index is 5.65. The molecule has 0 unspecified atom stereocenters. The SMILES string of the molecule is COc1ccc(C2(CN(C)CCCC3(c4ccc(OC)c(OC)c4)SCCCS3)CCCC2)cc1OC. The van der Waals surface area contributed by atoms with Crippen LogP contribution in [0.3, 0.4) is 0 Å². The van der Waals surface area contributed by atoms with E-state index in [2.05, 4.69) is 71.9 Å². The molecule has 0 bridgehead atoms. The summed E-state index contributed by atoms with van der Waals surface area (Å²) in [6, 6.07) is 13.0. The standard InChI is InChI=1S/C30H43NO4S2/c1-31(22-29(14-6-7-15-29)23-10-12-25(32-2)27(20-23)34-4)17-8-16-30(36-18-9-19-37-30)24-11-13-26(33-3)28(21-24)35-5/h10-13,20-21H,6-9,14-19,22H2,1-5H3. The summed E-state index contributed by atoms with van der Waals surface area (Å²) >= 11 is 4.21. The van der Waals surface area contributed by atoms with Crippen LogP contribution in [-0.2, 0) is 9.49 Å². The second-order valence-corrected chi connectivity index (χ2v) is 13.3. The number of rotatable bonds is 12. The molecule has 1 saturated heterocycles. The van der Waals surface area contributed by atoms with Gasteiger partial charge < -0.3 is 23.8 Å². The Balaban J connectivity index is 1.45. The van der Waals surface area contributed by atoms with E-state index in [4.69, 9.17) is 18.9 Å². The third-order valence-electron chi connectivity index (χ3n) is 7.96. The molecule has 4 rings (SSSR count). The number of ether oxygens (including phenoxy) is 4. The van der Waals surface area contributed by atoms with E-state index in [9.17, 15) is 0 Å². The van der Waals surface area contributed by atoms with Crippen molar-refractivity contribution in [3.63, 3.8) is 0 Å². The minimum atomic E-state index is 0.0764. The van der Waals surface area contributed by atoms with Gasteiger partial charge in [-0.15, -0.1) is 23.5 Å².